The Morgan fingerprint density at radius 2 is 1.32 bits per heavy atom. The molecular formula is C38H28IrN2-2. The van der Waals surface area contributed by atoms with E-state index in [1.165, 1.54) is 43.8 Å². The molecule has 2 heterocycles. The molecule has 0 saturated heterocycles. The van der Waals surface area contributed by atoms with Crippen molar-refractivity contribution in [3.8, 4) is 33.6 Å². The van der Waals surface area contributed by atoms with E-state index in [2.05, 4.69) is 114 Å². The molecule has 0 atom stereocenters. The van der Waals surface area contributed by atoms with Gasteiger partial charge in [-0.1, -0.05) is 89.5 Å². The quantitative estimate of drug-likeness (QED) is 0.135. The van der Waals surface area contributed by atoms with Gasteiger partial charge in [0.15, 0.2) is 0 Å². The predicted molar refractivity (Wildman–Crippen MR) is 167 cm³/mol. The third-order valence-electron chi connectivity index (χ3n) is 6.98. The Morgan fingerprint density at radius 3 is 2.02 bits per heavy atom. The van der Waals surface area contributed by atoms with Gasteiger partial charge in [0.05, 0.1) is 0 Å². The molecule has 7 rings (SSSR count). The maximum atomic E-state index is 4.47. The molecule has 0 N–H and O–H groups in total. The van der Waals surface area contributed by atoms with E-state index in [9.17, 15) is 0 Å². The third kappa shape index (κ3) is 6.33. The van der Waals surface area contributed by atoms with E-state index in [1.54, 1.807) is 0 Å². The Labute approximate surface area is 255 Å². The normalized spacial score (nSPS) is 10.5. The van der Waals surface area contributed by atoms with Gasteiger partial charge >= 0.3 is 0 Å². The van der Waals surface area contributed by atoms with Crippen molar-refractivity contribution in [2.24, 2.45) is 0 Å². The summed E-state index contributed by atoms with van der Waals surface area (Å²) < 4.78 is 0. The Hall–Kier alpha value is -4.43. The molecule has 0 aliphatic rings. The summed E-state index contributed by atoms with van der Waals surface area (Å²) in [5, 5.41) is 5.11. The molecule has 0 fully saturated rings. The maximum Gasteiger partial charge on any atom is 0.0190 e. The zero-order valence-corrected chi connectivity index (χ0v) is 25.3. The van der Waals surface area contributed by atoms with Crippen LogP contribution in [0, 0.1) is 26.0 Å². The molecule has 0 aliphatic carbocycles. The molecule has 0 bridgehead atoms. The molecular weight excluding hydrogens is 677 g/mol. The SMILES string of the molecule is Cc1ccc(-c2[c-]cccc2)nc1.Cc1ccnc(-c2[c-]cc(-c3cc4ccccc4c4ccccc34)cc2)c1.[Ir]. The molecule has 201 valence electrons. The first-order chi connectivity index (χ1) is 19.7. The predicted octanol–water partition coefficient (Wildman–Crippen LogP) is 9.69. The summed E-state index contributed by atoms with van der Waals surface area (Å²) in [6.45, 7) is 4.12. The number of benzene rings is 5. The summed E-state index contributed by atoms with van der Waals surface area (Å²) >= 11 is 0. The van der Waals surface area contributed by atoms with E-state index in [0.717, 1.165) is 22.5 Å². The molecule has 1 radical (unpaired) electrons. The first kappa shape index (κ1) is 28.1. The van der Waals surface area contributed by atoms with Gasteiger partial charge in [-0.05, 0) is 58.4 Å². The van der Waals surface area contributed by atoms with Crippen LogP contribution in [0.5, 0.6) is 0 Å². The minimum absolute atomic E-state index is 0. The Kier molecular flexibility index (Phi) is 8.79. The van der Waals surface area contributed by atoms with Crippen molar-refractivity contribution in [2.75, 3.05) is 0 Å². The Morgan fingerprint density at radius 1 is 0.561 bits per heavy atom. The molecule has 5 aromatic carbocycles. The summed E-state index contributed by atoms with van der Waals surface area (Å²) in [5.74, 6) is 0. The van der Waals surface area contributed by atoms with Crippen LogP contribution in [-0.2, 0) is 20.1 Å². The first-order valence-corrected chi connectivity index (χ1v) is 13.4. The third-order valence-corrected chi connectivity index (χ3v) is 6.98. The van der Waals surface area contributed by atoms with Gasteiger partial charge in [0, 0.05) is 32.5 Å². The molecule has 41 heavy (non-hydrogen) atoms. The number of hydrogen-bond acceptors (Lipinski definition) is 2. The standard InChI is InChI=1S/C26H18N.C12H10N.Ir/c1-18-14-15-27-26(16-18)20-12-10-19(11-13-20)25-17-21-6-2-3-7-22(21)23-8-4-5-9-24(23)25;1-10-7-8-12(13-9-10)11-5-3-2-4-6-11;/h2-12,14-17H,1H3;2-5,7-9H,1H3;/q2*-1;. The number of aryl methyl sites for hydroxylation is 2. The first-order valence-electron chi connectivity index (χ1n) is 13.4. The number of rotatable bonds is 3. The van der Waals surface area contributed by atoms with Gasteiger partial charge in [-0.25, -0.2) is 0 Å². The second-order valence-corrected chi connectivity index (χ2v) is 9.90. The monoisotopic (exact) mass is 705 g/mol. The van der Waals surface area contributed by atoms with Crippen molar-refractivity contribution in [1.29, 1.82) is 0 Å². The zero-order chi connectivity index (χ0) is 27.3. The average Bonchev–Trinajstić information content (AvgIpc) is 3.02. The van der Waals surface area contributed by atoms with Crippen LogP contribution < -0.4 is 0 Å². The maximum absolute atomic E-state index is 4.47. The van der Waals surface area contributed by atoms with Gasteiger partial charge in [0.2, 0.25) is 0 Å². The minimum atomic E-state index is 0. The van der Waals surface area contributed by atoms with Crippen molar-refractivity contribution in [2.45, 2.75) is 13.8 Å². The molecule has 0 amide bonds. The Bertz CT molecular complexity index is 1890. The van der Waals surface area contributed by atoms with Crippen molar-refractivity contribution >= 4 is 21.5 Å². The summed E-state index contributed by atoms with van der Waals surface area (Å²) in [6.07, 6.45) is 3.72. The number of nitrogens with zero attached hydrogens (tertiary/aromatic N) is 2. The van der Waals surface area contributed by atoms with Gasteiger partial charge in [0.1, 0.15) is 0 Å². The van der Waals surface area contributed by atoms with Gasteiger partial charge in [-0.15, -0.1) is 65.7 Å². The molecule has 0 unspecified atom stereocenters. The fraction of sp³-hybridized carbons (Fsp3) is 0.0526. The smallest absolute Gasteiger partial charge is 0.0190 e. The van der Waals surface area contributed by atoms with E-state index in [0.29, 0.717) is 0 Å². The van der Waals surface area contributed by atoms with E-state index in [-0.39, 0.29) is 20.1 Å². The van der Waals surface area contributed by atoms with Crippen molar-refractivity contribution in [1.82, 2.24) is 9.97 Å². The Balaban J connectivity index is 0.000000204. The molecule has 0 spiro atoms. The molecule has 0 aliphatic heterocycles. The van der Waals surface area contributed by atoms with Crippen LogP contribution in [0.3, 0.4) is 0 Å². The largest absolute Gasteiger partial charge is 0.305 e. The van der Waals surface area contributed by atoms with Crippen molar-refractivity contribution in [3.05, 3.63) is 157 Å². The summed E-state index contributed by atoms with van der Waals surface area (Å²) in [4.78, 5) is 8.79. The topological polar surface area (TPSA) is 25.8 Å². The second-order valence-electron chi connectivity index (χ2n) is 9.90. The number of hydrogen-bond donors (Lipinski definition) is 0. The van der Waals surface area contributed by atoms with Crippen LogP contribution in [0.4, 0.5) is 0 Å². The average molecular weight is 705 g/mol. The number of pyridine rings is 2. The van der Waals surface area contributed by atoms with Crippen LogP contribution in [0.25, 0.3) is 55.2 Å². The molecule has 3 heteroatoms. The van der Waals surface area contributed by atoms with Crippen molar-refractivity contribution in [3.63, 3.8) is 0 Å². The van der Waals surface area contributed by atoms with Crippen LogP contribution in [-0.4, -0.2) is 9.97 Å². The van der Waals surface area contributed by atoms with E-state index in [1.807, 2.05) is 55.7 Å². The molecule has 2 aromatic heterocycles. The fourth-order valence-electron chi connectivity index (χ4n) is 4.91. The molecule has 7 aromatic rings. The van der Waals surface area contributed by atoms with Gasteiger partial charge in [-0.2, -0.15) is 0 Å². The van der Waals surface area contributed by atoms with Crippen molar-refractivity contribution < 1.29 is 20.1 Å². The molecule has 0 saturated carbocycles. The number of aromatic nitrogens is 2. The van der Waals surface area contributed by atoms with Crippen LogP contribution in [0.15, 0.2) is 134 Å². The van der Waals surface area contributed by atoms with Gasteiger partial charge < -0.3 is 9.97 Å². The van der Waals surface area contributed by atoms with Gasteiger partial charge in [-0.3, -0.25) is 0 Å². The van der Waals surface area contributed by atoms with E-state index >= 15 is 0 Å². The summed E-state index contributed by atoms with van der Waals surface area (Å²) in [5.41, 5.74) is 8.81. The second kappa shape index (κ2) is 12.8. The minimum Gasteiger partial charge on any atom is -0.305 e. The van der Waals surface area contributed by atoms with E-state index < -0.39 is 0 Å². The van der Waals surface area contributed by atoms with Crippen LogP contribution in [0.1, 0.15) is 11.1 Å². The summed E-state index contributed by atoms with van der Waals surface area (Å²) in [7, 11) is 0. The molecule has 2 nitrogen and oxygen atoms in total. The zero-order valence-electron chi connectivity index (χ0n) is 22.9. The van der Waals surface area contributed by atoms with E-state index in [4.69, 9.17) is 0 Å². The fourth-order valence-corrected chi connectivity index (χ4v) is 4.91. The van der Waals surface area contributed by atoms with Crippen LogP contribution in [0.2, 0.25) is 0 Å². The van der Waals surface area contributed by atoms with Gasteiger partial charge in [0.25, 0.3) is 0 Å². The van der Waals surface area contributed by atoms with Crippen LogP contribution >= 0.6 is 0 Å². The summed E-state index contributed by atoms with van der Waals surface area (Å²) in [6, 6.07) is 48.5. The number of fused-ring (bicyclic) bond motifs is 3.